The smallest absolute Gasteiger partial charge is 0.241 e. The van der Waals surface area contributed by atoms with E-state index in [2.05, 4.69) is 15.7 Å². The van der Waals surface area contributed by atoms with Gasteiger partial charge in [-0.2, -0.15) is 5.10 Å². The van der Waals surface area contributed by atoms with E-state index in [1.807, 2.05) is 44.2 Å². The summed E-state index contributed by atoms with van der Waals surface area (Å²) in [7, 11) is 0. The van der Waals surface area contributed by atoms with Crippen LogP contribution in [0, 0.1) is 13.8 Å². The van der Waals surface area contributed by atoms with E-state index >= 15 is 0 Å². The van der Waals surface area contributed by atoms with E-state index in [0.29, 0.717) is 13.0 Å². The molecule has 3 rings (SSSR count). The highest BCUT2D eigenvalue weighted by molar-refractivity contribution is 5.94. The molecule has 0 radical (unpaired) electrons. The van der Waals surface area contributed by atoms with E-state index in [1.54, 1.807) is 4.68 Å². The van der Waals surface area contributed by atoms with E-state index in [9.17, 15) is 9.59 Å². The molecule has 0 bridgehead atoms. The van der Waals surface area contributed by atoms with Gasteiger partial charge in [0.2, 0.25) is 11.8 Å². The topological polar surface area (TPSA) is 76.0 Å². The minimum Gasteiger partial charge on any atom is -0.354 e. The van der Waals surface area contributed by atoms with Gasteiger partial charge in [0.25, 0.3) is 0 Å². The lowest BCUT2D eigenvalue weighted by Crippen LogP contribution is -2.35. The Bertz CT molecular complexity index is 751. The maximum Gasteiger partial charge on any atom is 0.241 e. The molecule has 1 atom stereocenters. The van der Waals surface area contributed by atoms with Gasteiger partial charge in [0, 0.05) is 30.3 Å². The number of amides is 2. The number of nitrogens with zero attached hydrogens (tertiary/aromatic N) is 2. The van der Waals surface area contributed by atoms with Gasteiger partial charge in [0.1, 0.15) is 6.54 Å². The molecule has 0 aliphatic carbocycles. The monoisotopic (exact) mass is 312 g/mol. The number of aromatic nitrogens is 2. The van der Waals surface area contributed by atoms with Crippen molar-refractivity contribution in [2.75, 3.05) is 11.9 Å². The van der Waals surface area contributed by atoms with Gasteiger partial charge >= 0.3 is 0 Å². The molecule has 0 saturated heterocycles. The number of hydrogen-bond acceptors (Lipinski definition) is 3. The molecule has 6 heteroatoms. The number of fused-ring (bicyclic) bond motifs is 1. The van der Waals surface area contributed by atoms with Crippen molar-refractivity contribution in [3.8, 4) is 0 Å². The number of anilines is 1. The van der Waals surface area contributed by atoms with Crippen LogP contribution in [0.3, 0.4) is 0 Å². The number of rotatable bonds is 4. The molecule has 1 aliphatic rings. The van der Waals surface area contributed by atoms with Crippen molar-refractivity contribution in [1.29, 1.82) is 0 Å². The molecule has 1 aliphatic heterocycles. The zero-order chi connectivity index (χ0) is 16.4. The van der Waals surface area contributed by atoms with Gasteiger partial charge in [-0.25, -0.2) is 0 Å². The van der Waals surface area contributed by atoms with Gasteiger partial charge in [-0.05, 0) is 31.5 Å². The summed E-state index contributed by atoms with van der Waals surface area (Å²) in [5.74, 6) is -0.106. The van der Waals surface area contributed by atoms with Gasteiger partial charge in [-0.15, -0.1) is 0 Å². The van der Waals surface area contributed by atoms with Crippen molar-refractivity contribution >= 4 is 17.5 Å². The first kappa shape index (κ1) is 15.3. The molecule has 120 valence electrons. The molecule has 2 aromatic rings. The highest BCUT2D eigenvalue weighted by Crippen LogP contribution is 2.31. The Labute approximate surface area is 134 Å². The first-order valence-corrected chi connectivity index (χ1v) is 7.69. The third kappa shape index (κ3) is 3.41. The van der Waals surface area contributed by atoms with E-state index in [-0.39, 0.29) is 24.3 Å². The Morgan fingerprint density at radius 2 is 2.17 bits per heavy atom. The summed E-state index contributed by atoms with van der Waals surface area (Å²) in [6, 6.07) is 9.66. The number of nitrogens with one attached hydrogen (secondary N) is 2. The Morgan fingerprint density at radius 3 is 2.91 bits per heavy atom. The molecule has 2 amide bonds. The summed E-state index contributed by atoms with van der Waals surface area (Å²) >= 11 is 0. The summed E-state index contributed by atoms with van der Waals surface area (Å²) in [6.45, 7) is 4.47. The van der Waals surface area contributed by atoms with Crippen molar-refractivity contribution < 1.29 is 9.59 Å². The average Bonchev–Trinajstić information content (AvgIpc) is 2.82. The molecule has 0 fully saturated rings. The molecular weight excluding hydrogens is 292 g/mol. The second-order valence-corrected chi connectivity index (χ2v) is 5.93. The number of hydrogen-bond donors (Lipinski definition) is 2. The van der Waals surface area contributed by atoms with Crippen LogP contribution in [0.25, 0.3) is 0 Å². The molecule has 1 aromatic carbocycles. The Morgan fingerprint density at radius 1 is 1.39 bits per heavy atom. The van der Waals surface area contributed by atoms with Crippen LogP contribution in [0.15, 0.2) is 30.3 Å². The molecule has 0 saturated carbocycles. The van der Waals surface area contributed by atoms with Crippen molar-refractivity contribution in [2.45, 2.75) is 32.7 Å². The minimum absolute atomic E-state index is 0.00403. The summed E-state index contributed by atoms with van der Waals surface area (Å²) in [5.41, 5.74) is 3.76. The summed E-state index contributed by atoms with van der Waals surface area (Å²) in [6.07, 6.45) is 0.386. The molecule has 2 N–H and O–H groups in total. The lowest BCUT2D eigenvalue weighted by molar-refractivity contribution is -0.122. The zero-order valence-corrected chi connectivity index (χ0v) is 13.3. The van der Waals surface area contributed by atoms with Crippen LogP contribution in [0.1, 0.15) is 29.3 Å². The van der Waals surface area contributed by atoms with Gasteiger partial charge in [-0.1, -0.05) is 18.2 Å². The standard InChI is InChI=1S/C17H20N4O2/c1-11-7-12(2)21(20-11)10-17(23)18-9-13-8-16(22)19-15-6-4-3-5-14(13)15/h3-7,13H,8-10H2,1-2H3,(H,18,23)(H,19,22). The largest absolute Gasteiger partial charge is 0.354 e. The first-order chi connectivity index (χ1) is 11.0. The Hall–Kier alpha value is -2.63. The quantitative estimate of drug-likeness (QED) is 0.903. The number of carbonyl (C=O) groups excluding carboxylic acids is 2. The van der Waals surface area contributed by atoms with Gasteiger partial charge in [0.05, 0.1) is 5.69 Å². The average molecular weight is 312 g/mol. The van der Waals surface area contributed by atoms with E-state index in [4.69, 9.17) is 0 Å². The molecular formula is C17H20N4O2. The summed E-state index contributed by atoms with van der Waals surface area (Å²) in [4.78, 5) is 23.9. The number of para-hydroxylation sites is 1. The Balaban J connectivity index is 1.63. The zero-order valence-electron chi connectivity index (χ0n) is 13.3. The van der Waals surface area contributed by atoms with Crippen molar-refractivity contribution in [3.63, 3.8) is 0 Å². The lowest BCUT2D eigenvalue weighted by Gasteiger charge is -2.25. The maximum absolute atomic E-state index is 12.1. The van der Waals surface area contributed by atoms with Crippen LogP contribution in [0.5, 0.6) is 0 Å². The number of aryl methyl sites for hydroxylation is 2. The van der Waals surface area contributed by atoms with Gasteiger partial charge in [0.15, 0.2) is 0 Å². The van der Waals surface area contributed by atoms with Crippen molar-refractivity contribution in [3.05, 3.63) is 47.3 Å². The number of carbonyl (C=O) groups is 2. The molecule has 0 spiro atoms. The fourth-order valence-electron chi connectivity index (χ4n) is 2.95. The number of benzene rings is 1. The molecule has 23 heavy (non-hydrogen) atoms. The molecule has 1 unspecified atom stereocenters. The third-order valence-corrected chi connectivity index (χ3v) is 4.05. The molecule has 1 aromatic heterocycles. The predicted molar refractivity (Wildman–Crippen MR) is 87.1 cm³/mol. The minimum atomic E-state index is -0.0975. The fraction of sp³-hybridized carbons (Fsp3) is 0.353. The fourth-order valence-corrected chi connectivity index (χ4v) is 2.95. The highest BCUT2D eigenvalue weighted by Gasteiger charge is 2.25. The summed E-state index contributed by atoms with van der Waals surface area (Å²) < 4.78 is 1.69. The normalized spacial score (nSPS) is 16.6. The van der Waals surface area contributed by atoms with Gasteiger partial charge in [-0.3, -0.25) is 14.3 Å². The van der Waals surface area contributed by atoms with Gasteiger partial charge < -0.3 is 10.6 Å². The third-order valence-electron chi connectivity index (χ3n) is 4.05. The SMILES string of the molecule is Cc1cc(C)n(CC(=O)NCC2CC(=O)Nc3ccccc32)n1. The van der Waals surface area contributed by atoms with Crippen LogP contribution in [0.4, 0.5) is 5.69 Å². The predicted octanol–water partition coefficient (Wildman–Crippen LogP) is 1.74. The molecule has 2 heterocycles. The highest BCUT2D eigenvalue weighted by atomic mass is 16.2. The van der Waals surface area contributed by atoms with Crippen molar-refractivity contribution in [1.82, 2.24) is 15.1 Å². The van der Waals surface area contributed by atoms with Crippen LogP contribution < -0.4 is 10.6 Å². The van der Waals surface area contributed by atoms with E-state index in [1.165, 1.54) is 0 Å². The van der Waals surface area contributed by atoms with Crippen LogP contribution in [-0.2, 0) is 16.1 Å². The van der Waals surface area contributed by atoms with Crippen molar-refractivity contribution in [2.24, 2.45) is 0 Å². The Kier molecular flexibility index (Phi) is 4.14. The van der Waals surface area contributed by atoms with Crippen LogP contribution >= 0.6 is 0 Å². The van der Waals surface area contributed by atoms with E-state index < -0.39 is 0 Å². The maximum atomic E-state index is 12.1. The molecule has 6 nitrogen and oxygen atoms in total. The second-order valence-electron chi connectivity index (χ2n) is 5.93. The lowest BCUT2D eigenvalue weighted by atomic mass is 9.90. The second kappa shape index (κ2) is 6.24. The van der Waals surface area contributed by atoms with Crippen LogP contribution in [-0.4, -0.2) is 28.1 Å². The van der Waals surface area contributed by atoms with Crippen LogP contribution in [0.2, 0.25) is 0 Å². The first-order valence-electron chi connectivity index (χ1n) is 7.69. The van der Waals surface area contributed by atoms with E-state index in [0.717, 1.165) is 22.6 Å². The summed E-state index contributed by atoms with van der Waals surface area (Å²) in [5, 5.41) is 10.1.